The molecule has 2 rings (SSSR count). The third-order valence-corrected chi connectivity index (χ3v) is 4.10. The lowest BCUT2D eigenvalue weighted by atomic mass is 9.88. The van der Waals surface area contributed by atoms with E-state index in [1.807, 2.05) is 6.07 Å². The van der Waals surface area contributed by atoms with Crippen LogP contribution in [0.2, 0.25) is 0 Å². The number of aromatic hydroxyl groups is 1. The SMILES string of the molecule is CN=C(NCCCOC)NCc1c(O)ccc2c1CCCC2. The third-order valence-electron chi connectivity index (χ3n) is 4.10. The molecule has 1 aliphatic carbocycles. The minimum Gasteiger partial charge on any atom is -0.508 e. The number of guanidine groups is 1. The van der Waals surface area contributed by atoms with Gasteiger partial charge in [0.2, 0.25) is 0 Å². The molecule has 0 saturated carbocycles. The maximum absolute atomic E-state index is 10.2. The minimum atomic E-state index is 0.378. The van der Waals surface area contributed by atoms with Gasteiger partial charge >= 0.3 is 0 Å². The fourth-order valence-electron chi connectivity index (χ4n) is 2.91. The standard InChI is InChI=1S/C17H27N3O2/c1-18-17(19-10-5-11-22-2)20-12-15-14-7-4-3-6-13(14)8-9-16(15)21/h8-9,21H,3-7,10-12H2,1-2H3,(H2,18,19,20). The molecule has 0 unspecified atom stereocenters. The smallest absolute Gasteiger partial charge is 0.191 e. The molecular formula is C17H27N3O2. The van der Waals surface area contributed by atoms with Crippen LogP contribution < -0.4 is 10.6 Å². The second-order valence-electron chi connectivity index (χ2n) is 5.61. The molecule has 0 saturated heterocycles. The Kier molecular flexibility index (Phi) is 6.52. The molecule has 0 radical (unpaired) electrons. The molecule has 0 spiro atoms. The third kappa shape index (κ3) is 4.37. The fourth-order valence-corrected chi connectivity index (χ4v) is 2.91. The van der Waals surface area contributed by atoms with Gasteiger partial charge in [0.15, 0.2) is 5.96 Å². The average molecular weight is 305 g/mol. The molecule has 0 aliphatic heterocycles. The molecule has 0 heterocycles. The zero-order chi connectivity index (χ0) is 15.8. The lowest BCUT2D eigenvalue weighted by Crippen LogP contribution is -2.37. The Morgan fingerprint density at radius 2 is 2.09 bits per heavy atom. The molecule has 0 aromatic heterocycles. The Labute approximate surface area is 132 Å². The van der Waals surface area contributed by atoms with Gasteiger partial charge in [-0.05, 0) is 49.3 Å². The molecule has 0 fully saturated rings. The molecule has 3 N–H and O–H groups in total. The van der Waals surface area contributed by atoms with Crippen LogP contribution in [0.1, 0.15) is 36.0 Å². The quantitative estimate of drug-likeness (QED) is 0.427. The number of fused-ring (bicyclic) bond motifs is 1. The highest BCUT2D eigenvalue weighted by Gasteiger charge is 2.16. The van der Waals surface area contributed by atoms with Crippen LogP contribution in [0, 0.1) is 0 Å². The average Bonchev–Trinajstić information content (AvgIpc) is 2.55. The van der Waals surface area contributed by atoms with Crippen LogP contribution >= 0.6 is 0 Å². The highest BCUT2D eigenvalue weighted by atomic mass is 16.5. The van der Waals surface area contributed by atoms with Gasteiger partial charge in [-0.3, -0.25) is 4.99 Å². The normalized spacial score (nSPS) is 14.5. The Morgan fingerprint density at radius 3 is 2.86 bits per heavy atom. The summed E-state index contributed by atoms with van der Waals surface area (Å²) in [5, 5.41) is 16.7. The Hall–Kier alpha value is -1.75. The first-order valence-electron chi connectivity index (χ1n) is 8.02. The van der Waals surface area contributed by atoms with Gasteiger partial charge in [0.1, 0.15) is 5.75 Å². The van der Waals surface area contributed by atoms with Gasteiger partial charge < -0.3 is 20.5 Å². The second kappa shape index (κ2) is 8.63. The predicted molar refractivity (Wildman–Crippen MR) is 89.4 cm³/mol. The van der Waals surface area contributed by atoms with Crippen LogP contribution in [0.4, 0.5) is 0 Å². The summed E-state index contributed by atoms with van der Waals surface area (Å²) in [5.74, 6) is 1.13. The van der Waals surface area contributed by atoms with Crippen molar-refractivity contribution in [1.82, 2.24) is 10.6 Å². The highest BCUT2D eigenvalue weighted by Crippen LogP contribution is 2.30. The van der Waals surface area contributed by atoms with E-state index in [2.05, 4.69) is 21.7 Å². The molecule has 1 aromatic carbocycles. The van der Waals surface area contributed by atoms with Crippen molar-refractivity contribution in [3.05, 3.63) is 28.8 Å². The highest BCUT2D eigenvalue weighted by molar-refractivity contribution is 5.79. The molecular weight excluding hydrogens is 278 g/mol. The van der Waals surface area contributed by atoms with Crippen LogP contribution in [0.5, 0.6) is 5.75 Å². The summed E-state index contributed by atoms with van der Waals surface area (Å²) in [6.45, 7) is 2.14. The topological polar surface area (TPSA) is 65.9 Å². The Balaban J connectivity index is 1.95. The van der Waals surface area contributed by atoms with Crippen LogP contribution in [-0.2, 0) is 24.1 Å². The largest absolute Gasteiger partial charge is 0.508 e. The minimum absolute atomic E-state index is 0.378. The molecule has 5 nitrogen and oxygen atoms in total. The number of aliphatic imine (C=N–C) groups is 1. The summed E-state index contributed by atoms with van der Waals surface area (Å²) in [5.41, 5.74) is 3.70. The number of rotatable bonds is 6. The summed E-state index contributed by atoms with van der Waals surface area (Å²) in [4.78, 5) is 4.21. The van der Waals surface area contributed by atoms with Crippen LogP contribution in [0.25, 0.3) is 0 Å². The number of phenolic OH excluding ortho intramolecular Hbond substituents is 1. The number of benzene rings is 1. The molecule has 122 valence electrons. The summed E-state index contributed by atoms with van der Waals surface area (Å²) >= 11 is 0. The van der Waals surface area contributed by atoms with Crippen molar-refractivity contribution in [2.45, 2.75) is 38.6 Å². The van der Waals surface area contributed by atoms with Crippen molar-refractivity contribution in [3.8, 4) is 5.75 Å². The molecule has 0 bridgehead atoms. The van der Waals surface area contributed by atoms with E-state index in [-0.39, 0.29) is 0 Å². The van der Waals surface area contributed by atoms with Gasteiger partial charge in [0.05, 0.1) is 0 Å². The molecule has 1 aromatic rings. The van der Waals surface area contributed by atoms with E-state index in [0.29, 0.717) is 12.3 Å². The number of hydrogen-bond acceptors (Lipinski definition) is 3. The van der Waals surface area contributed by atoms with E-state index in [4.69, 9.17) is 4.74 Å². The van der Waals surface area contributed by atoms with Crippen LogP contribution in [-0.4, -0.2) is 38.4 Å². The lowest BCUT2D eigenvalue weighted by Gasteiger charge is -2.21. The number of aryl methyl sites for hydroxylation is 1. The summed E-state index contributed by atoms with van der Waals surface area (Å²) in [6.07, 6.45) is 5.55. The number of nitrogens with one attached hydrogen (secondary N) is 2. The number of hydrogen-bond donors (Lipinski definition) is 3. The fraction of sp³-hybridized carbons (Fsp3) is 0.588. The van der Waals surface area contributed by atoms with Crippen molar-refractivity contribution >= 4 is 5.96 Å². The first-order chi connectivity index (χ1) is 10.8. The first kappa shape index (κ1) is 16.6. The predicted octanol–water partition coefficient (Wildman–Crippen LogP) is 1.97. The van der Waals surface area contributed by atoms with E-state index in [1.54, 1.807) is 14.2 Å². The second-order valence-corrected chi connectivity index (χ2v) is 5.61. The van der Waals surface area contributed by atoms with Crippen molar-refractivity contribution in [2.24, 2.45) is 4.99 Å². The summed E-state index contributed by atoms with van der Waals surface area (Å²) < 4.78 is 5.03. The van der Waals surface area contributed by atoms with Crippen molar-refractivity contribution < 1.29 is 9.84 Å². The van der Waals surface area contributed by atoms with E-state index < -0.39 is 0 Å². The van der Waals surface area contributed by atoms with E-state index in [9.17, 15) is 5.11 Å². The molecule has 0 amide bonds. The molecule has 5 heteroatoms. The van der Waals surface area contributed by atoms with Crippen molar-refractivity contribution in [2.75, 3.05) is 27.3 Å². The van der Waals surface area contributed by atoms with Gasteiger partial charge in [0.25, 0.3) is 0 Å². The summed E-state index contributed by atoms with van der Waals surface area (Å²) in [6, 6.07) is 3.88. The Bertz CT molecular complexity index is 515. The maximum Gasteiger partial charge on any atom is 0.191 e. The number of phenols is 1. The van der Waals surface area contributed by atoms with E-state index in [0.717, 1.165) is 43.9 Å². The Morgan fingerprint density at radius 1 is 1.27 bits per heavy atom. The molecule has 0 atom stereocenters. The zero-order valence-corrected chi connectivity index (χ0v) is 13.6. The van der Waals surface area contributed by atoms with Crippen LogP contribution in [0.15, 0.2) is 17.1 Å². The first-order valence-corrected chi connectivity index (χ1v) is 8.02. The monoisotopic (exact) mass is 305 g/mol. The van der Waals surface area contributed by atoms with Crippen molar-refractivity contribution in [3.63, 3.8) is 0 Å². The molecule has 1 aliphatic rings. The lowest BCUT2D eigenvalue weighted by molar-refractivity contribution is 0.195. The van der Waals surface area contributed by atoms with E-state index in [1.165, 1.54) is 24.0 Å². The van der Waals surface area contributed by atoms with Gasteiger partial charge in [-0.1, -0.05) is 6.07 Å². The van der Waals surface area contributed by atoms with Crippen LogP contribution in [0.3, 0.4) is 0 Å². The number of methoxy groups -OCH3 is 1. The zero-order valence-electron chi connectivity index (χ0n) is 13.6. The number of ether oxygens (including phenoxy) is 1. The van der Waals surface area contributed by atoms with Gasteiger partial charge in [-0.15, -0.1) is 0 Å². The molecule has 22 heavy (non-hydrogen) atoms. The van der Waals surface area contributed by atoms with Gasteiger partial charge in [0, 0.05) is 39.4 Å². The van der Waals surface area contributed by atoms with Gasteiger partial charge in [-0.2, -0.15) is 0 Å². The van der Waals surface area contributed by atoms with Crippen molar-refractivity contribution in [1.29, 1.82) is 0 Å². The number of nitrogens with zero attached hydrogens (tertiary/aromatic N) is 1. The summed E-state index contributed by atoms with van der Waals surface area (Å²) in [7, 11) is 3.46. The maximum atomic E-state index is 10.2. The van der Waals surface area contributed by atoms with E-state index >= 15 is 0 Å². The van der Waals surface area contributed by atoms with Gasteiger partial charge in [-0.25, -0.2) is 0 Å².